The van der Waals surface area contributed by atoms with Gasteiger partial charge in [-0.25, -0.2) is 4.57 Å². The van der Waals surface area contributed by atoms with E-state index in [-0.39, 0.29) is 13.0 Å². The van der Waals surface area contributed by atoms with Gasteiger partial charge < -0.3 is 24.7 Å². The van der Waals surface area contributed by atoms with Gasteiger partial charge in [0.1, 0.15) is 24.5 Å². The van der Waals surface area contributed by atoms with E-state index < -0.39 is 44.9 Å². The highest BCUT2D eigenvalue weighted by Crippen LogP contribution is 2.37. The number of carbonyl (C=O) groups excluding carboxylic acids is 2. The average molecular weight is 314 g/mol. The Labute approximate surface area is 113 Å². The second-order valence-electron chi connectivity index (χ2n) is 3.93. The zero-order valence-electron chi connectivity index (χ0n) is 10.1. The molecule has 0 aliphatic carbocycles. The van der Waals surface area contributed by atoms with E-state index in [1.165, 1.54) is 0 Å². The summed E-state index contributed by atoms with van der Waals surface area (Å²) in [5.74, 6) is -0.680. The molecule has 0 aromatic carbocycles. The van der Waals surface area contributed by atoms with Gasteiger partial charge in [-0.15, -0.1) is 0 Å². The van der Waals surface area contributed by atoms with Crippen LogP contribution in [0.15, 0.2) is 0 Å². The maximum Gasteiger partial charge on any atom is 0.469 e. The van der Waals surface area contributed by atoms with E-state index in [2.05, 4.69) is 9.84 Å². The first-order valence-electron chi connectivity index (χ1n) is 5.42. The van der Waals surface area contributed by atoms with E-state index in [1.807, 2.05) is 5.32 Å². The smallest absolute Gasteiger partial charge is 0.387 e. The molecule has 1 heterocycles. The fraction of sp³-hybridized carbons (Fsp3) is 0.750. The van der Waals surface area contributed by atoms with Gasteiger partial charge in [-0.2, -0.15) is 0 Å². The number of hydrogen-bond donors (Lipinski definition) is 6. The molecule has 11 nitrogen and oxygen atoms in total. The van der Waals surface area contributed by atoms with Crippen LogP contribution in [0.3, 0.4) is 0 Å². The predicted molar refractivity (Wildman–Crippen MR) is 60.9 cm³/mol. The highest BCUT2D eigenvalue weighted by Gasteiger charge is 2.43. The highest BCUT2D eigenvalue weighted by atomic mass is 31.2. The summed E-state index contributed by atoms with van der Waals surface area (Å²) in [7, 11) is -4.72. The molecule has 12 heteroatoms. The number of nitrogens with one attached hydrogen (secondary N) is 2. The van der Waals surface area contributed by atoms with Gasteiger partial charge in [0.2, 0.25) is 12.3 Å². The van der Waals surface area contributed by atoms with Crippen molar-refractivity contribution < 1.29 is 43.4 Å². The number of amides is 2. The molecule has 0 spiro atoms. The molecule has 1 aliphatic rings. The number of phosphoric ester groups is 1. The molecule has 1 fully saturated rings. The van der Waals surface area contributed by atoms with E-state index in [4.69, 9.17) is 14.5 Å². The Bertz CT molecular complexity index is 399. The van der Waals surface area contributed by atoms with Crippen molar-refractivity contribution in [1.29, 1.82) is 0 Å². The van der Waals surface area contributed by atoms with Crippen molar-refractivity contribution in [3.63, 3.8) is 0 Å². The third-order valence-corrected chi connectivity index (χ3v) is 2.94. The summed E-state index contributed by atoms with van der Waals surface area (Å²) < 4.78 is 19.7. The molecule has 1 unspecified atom stereocenters. The molecule has 0 aromatic heterocycles. The number of aliphatic hydroxyl groups excluding tert-OH is 2. The minimum atomic E-state index is -4.72. The summed E-state index contributed by atoms with van der Waals surface area (Å²) in [6.07, 6.45) is -5.02. The summed E-state index contributed by atoms with van der Waals surface area (Å²) in [4.78, 5) is 38.0. The number of imide groups is 1. The van der Waals surface area contributed by atoms with Crippen LogP contribution in [-0.4, -0.2) is 70.0 Å². The molecule has 0 saturated carbocycles. The normalized spacial score (nSPS) is 30.2. The highest BCUT2D eigenvalue weighted by molar-refractivity contribution is 7.46. The minimum absolute atomic E-state index is 0.182. The zero-order chi connectivity index (χ0) is 15.3. The van der Waals surface area contributed by atoms with Gasteiger partial charge in [-0.1, -0.05) is 0 Å². The van der Waals surface area contributed by atoms with Crippen LogP contribution >= 0.6 is 7.82 Å². The molecular weight excluding hydrogens is 299 g/mol. The SMILES string of the molecule is O=CNC(=O)CNC1O[C@H](COP(=O)(O)O)[C@@H](O)[C@H]1O. The molecular formula is C8H15N2O9P. The van der Waals surface area contributed by atoms with Crippen LogP contribution in [-0.2, 0) is 23.4 Å². The number of aliphatic hydroxyl groups is 2. The number of phosphoric acid groups is 1. The fourth-order valence-electron chi connectivity index (χ4n) is 1.54. The fourth-order valence-corrected chi connectivity index (χ4v) is 1.88. The molecule has 116 valence electrons. The first-order chi connectivity index (χ1) is 9.24. The summed E-state index contributed by atoms with van der Waals surface area (Å²) >= 11 is 0. The largest absolute Gasteiger partial charge is 0.469 e. The van der Waals surface area contributed by atoms with Gasteiger partial charge in [0.05, 0.1) is 13.2 Å². The number of carbonyl (C=O) groups is 2. The monoisotopic (exact) mass is 314 g/mol. The average Bonchev–Trinajstić information content (AvgIpc) is 2.61. The van der Waals surface area contributed by atoms with Crippen molar-refractivity contribution in [2.75, 3.05) is 13.2 Å². The second-order valence-corrected chi connectivity index (χ2v) is 5.17. The minimum Gasteiger partial charge on any atom is -0.387 e. The van der Waals surface area contributed by atoms with Gasteiger partial charge >= 0.3 is 7.82 Å². The Balaban J connectivity index is 2.45. The molecule has 2 amide bonds. The molecule has 20 heavy (non-hydrogen) atoms. The first kappa shape index (κ1) is 17.1. The van der Waals surface area contributed by atoms with Crippen molar-refractivity contribution >= 4 is 20.1 Å². The predicted octanol–water partition coefficient (Wildman–Crippen LogP) is -3.60. The van der Waals surface area contributed by atoms with E-state index >= 15 is 0 Å². The van der Waals surface area contributed by atoms with Crippen LogP contribution in [0.4, 0.5) is 0 Å². The molecule has 1 aliphatic heterocycles. The van der Waals surface area contributed by atoms with Crippen molar-refractivity contribution in [2.24, 2.45) is 0 Å². The molecule has 0 radical (unpaired) electrons. The quantitative estimate of drug-likeness (QED) is 0.203. The van der Waals surface area contributed by atoms with E-state index in [0.717, 1.165) is 0 Å². The summed E-state index contributed by atoms with van der Waals surface area (Å²) in [5.41, 5.74) is 0. The Morgan fingerprint density at radius 1 is 1.35 bits per heavy atom. The Kier molecular flexibility index (Phi) is 6.17. The van der Waals surface area contributed by atoms with Gasteiger partial charge in [-0.05, 0) is 0 Å². The van der Waals surface area contributed by atoms with Crippen LogP contribution < -0.4 is 10.6 Å². The Morgan fingerprint density at radius 2 is 2.00 bits per heavy atom. The second kappa shape index (κ2) is 7.20. The molecule has 0 aromatic rings. The van der Waals surface area contributed by atoms with Crippen molar-refractivity contribution in [3.8, 4) is 0 Å². The van der Waals surface area contributed by atoms with Gasteiger partial charge in [0.25, 0.3) is 0 Å². The maximum atomic E-state index is 11.0. The first-order valence-corrected chi connectivity index (χ1v) is 6.95. The zero-order valence-corrected chi connectivity index (χ0v) is 11.0. The number of hydrogen-bond acceptors (Lipinski definition) is 8. The van der Waals surface area contributed by atoms with Gasteiger partial charge in [-0.3, -0.25) is 24.7 Å². The van der Waals surface area contributed by atoms with Crippen molar-refractivity contribution in [3.05, 3.63) is 0 Å². The topological polar surface area (TPSA) is 175 Å². The van der Waals surface area contributed by atoms with E-state index in [9.17, 15) is 24.4 Å². The third kappa shape index (κ3) is 5.23. The molecule has 4 atom stereocenters. The van der Waals surface area contributed by atoms with Crippen LogP contribution in [0.5, 0.6) is 0 Å². The van der Waals surface area contributed by atoms with Crippen molar-refractivity contribution in [1.82, 2.24) is 10.6 Å². The van der Waals surface area contributed by atoms with Crippen molar-refractivity contribution in [2.45, 2.75) is 24.5 Å². The number of rotatable bonds is 7. The summed E-state index contributed by atoms with van der Waals surface area (Å²) in [6.45, 7) is -1.000. The molecule has 6 N–H and O–H groups in total. The maximum absolute atomic E-state index is 11.0. The van der Waals surface area contributed by atoms with E-state index in [0.29, 0.717) is 0 Å². The van der Waals surface area contributed by atoms with Crippen LogP contribution in [0.25, 0.3) is 0 Å². The molecule has 1 saturated heterocycles. The van der Waals surface area contributed by atoms with E-state index in [1.54, 1.807) is 0 Å². The van der Waals surface area contributed by atoms with Crippen LogP contribution in [0, 0.1) is 0 Å². The Hall–Kier alpha value is -0.910. The number of ether oxygens (including phenoxy) is 1. The lowest BCUT2D eigenvalue weighted by Crippen LogP contribution is -2.45. The third-order valence-electron chi connectivity index (χ3n) is 2.45. The summed E-state index contributed by atoms with van der Waals surface area (Å²) in [5, 5.41) is 23.5. The lowest BCUT2D eigenvalue weighted by atomic mass is 10.1. The van der Waals surface area contributed by atoms with Crippen LogP contribution in [0.1, 0.15) is 0 Å². The lowest BCUT2D eigenvalue weighted by molar-refractivity contribution is -0.125. The lowest BCUT2D eigenvalue weighted by Gasteiger charge is -2.15. The molecule has 1 rings (SSSR count). The standard InChI is InChI=1S/C8H15N2O9P/c11-3-10-5(12)1-9-8-7(14)6(13)4(19-8)2-18-20(15,16)17/h3-4,6-9,13-14H,1-2H2,(H,10,11,12)(H2,15,16,17)/t4-,6-,7-,8?/m1/s1. The summed E-state index contributed by atoms with van der Waals surface area (Å²) in [6, 6.07) is 0. The van der Waals surface area contributed by atoms with Gasteiger partial charge in [0, 0.05) is 0 Å². The Morgan fingerprint density at radius 3 is 2.55 bits per heavy atom. The van der Waals surface area contributed by atoms with Gasteiger partial charge in [0.15, 0.2) is 0 Å². The molecule has 0 bridgehead atoms. The van der Waals surface area contributed by atoms with Crippen LogP contribution in [0.2, 0.25) is 0 Å².